The first kappa shape index (κ1) is 17.2. The number of nitrogens with zero attached hydrogens (tertiary/aromatic N) is 1. The first-order valence-electron chi connectivity index (χ1n) is 7.86. The summed E-state index contributed by atoms with van der Waals surface area (Å²) in [6.45, 7) is 6.85. The monoisotopic (exact) mass is 322 g/mol. The maximum absolute atomic E-state index is 12.0. The van der Waals surface area contributed by atoms with E-state index >= 15 is 0 Å². The Bertz CT molecular complexity index is 546. The summed E-state index contributed by atoms with van der Waals surface area (Å²) in [5.74, 6) is 1.30. The zero-order valence-electron chi connectivity index (χ0n) is 14.3. The van der Waals surface area contributed by atoms with Crippen LogP contribution in [0.3, 0.4) is 0 Å². The van der Waals surface area contributed by atoms with Gasteiger partial charge in [0.2, 0.25) is 0 Å². The van der Waals surface area contributed by atoms with Crippen LogP contribution in [0.1, 0.15) is 33.6 Å². The summed E-state index contributed by atoms with van der Waals surface area (Å²) in [5, 5.41) is 0. The number of hydrogen-bond acceptors (Lipinski definition) is 5. The van der Waals surface area contributed by atoms with Crippen LogP contribution in [0.5, 0.6) is 11.5 Å². The Morgan fingerprint density at radius 1 is 1.22 bits per heavy atom. The van der Waals surface area contributed by atoms with Crippen LogP contribution in [0.25, 0.3) is 0 Å². The van der Waals surface area contributed by atoms with Crippen molar-refractivity contribution < 1.29 is 19.0 Å². The number of piperidine rings is 1. The van der Waals surface area contributed by atoms with Gasteiger partial charge in [0.25, 0.3) is 0 Å². The van der Waals surface area contributed by atoms with Gasteiger partial charge in [0, 0.05) is 37.7 Å². The van der Waals surface area contributed by atoms with Gasteiger partial charge in [0.1, 0.15) is 11.7 Å². The van der Waals surface area contributed by atoms with Gasteiger partial charge in [-0.05, 0) is 32.9 Å². The predicted octanol–water partition coefficient (Wildman–Crippen LogP) is 3.06. The third-order valence-electron chi connectivity index (χ3n) is 3.57. The lowest BCUT2D eigenvalue weighted by atomic mass is 10.1. The molecule has 6 nitrogen and oxygen atoms in total. The van der Waals surface area contributed by atoms with Crippen LogP contribution in [0, 0.1) is 0 Å². The zero-order chi connectivity index (χ0) is 17.0. The van der Waals surface area contributed by atoms with Crippen molar-refractivity contribution in [2.75, 3.05) is 25.9 Å². The lowest BCUT2D eigenvalue weighted by molar-refractivity contribution is 0.0124. The molecule has 2 N–H and O–H groups in total. The molecule has 0 bridgehead atoms. The topological polar surface area (TPSA) is 74.0 Å². The fraction of sp³-hybridized carbons (Fsp3) is 0.588. The molecule has 0 atom stereocenters. The Morgan fingerprint density at radius 2 is 1.87 bits per heavy atom. The number of carbonyl (C=O) groups excluding carboxylic acids is 1. The Hall–Kier alpha value is -2.11. The van der Waals surface area contributed by atoms with Crippen LogP contribution in [0.4, 0.5) is 10.5 Å². The maximum atomic E-state index is 12.0. The average Bonchev–Trinajstić information content (AvgIpc) is 2.48. The number of amides is 1. The number of hydrogen-bond donors (Lipinski definition) is 1. The number of likely N-dealkylation sites (tertiary alicyclic amines) is 1. The molecule has 2 rings (SSSR count). The van der Waals surface area contributed by atoms with Crippen LogP contribution >= 0.6 is 0 Å². The highest BCUT2D eigenvalue weighted by Gasteiger charge is 2.28. The number of benzene rings is 1. The van der Waals surface area contributed by atoms with E-state index in [0.29, 0.717) is 30.3 Å². The van der Waals surface area contributed by atoms with E-state index in [1.165, 1.54) is 0 Å². The Balaban J connectivity index is 1.89. The first-order chi connectivity index (χ1) is 10.8. The highest BCUT2D eigenvalue weighted by Crippen LogP contribution is 2.31. The van der Waals surface area contributed by atoms with Crippen molar-refractivity contribution in [2.45, 2.75) is 45.3 Å². The number of rotatable bonds is 3. The summed E-state index contributed by atoms with van der Waals surface area (Å²) in [4.78, 5) is 13.8. The SMILES string of the molecule is COc1cc(N)ccc1OC1CCN(C(=O)OC(C)(C)C)CC1. The van der Waals surface area contributed by atoms with E-state index in [1.54, 1.807) is 24.1 Å². The van der Waals surface area contributed by atoms with Gasteiger partial charge in [0.05, 0.1) is 7.11 Å². The van der Waals surface area contributed by atoms with E-state index < -0.39 is 5.60 Å². The van der Waals surface area contributed by atoms with E-state index in [2.05, 4.69) is 0 Å². The number of ether oxygens (including phenoxy) is 3. The smallest absolute Gasteiger partial charge is 0.410 e. The van der Waals surface area contributed by atoms with Gasteiger partial charge < -0.3 is 24.8 Å². The van der Waals surface area contributed by atoms with Gasteiger partial charge in [-0.3, -0.25) is 0 Å². The second-order valence-corrected chi connectivity index (χ2v) is 6.69. The highest BCUT2D eigenvalue weighted by atomic mass is 16.6. The molecule has 0 aromatic heterocycles. The highest BCUT2D eigenvalue weighted by molar-refractivity contribution is 5.68. The molecule has 0 unspecified atom stereocenters. The second kappa shape index (κ2) is 6.98. The summed E-state index contributed by atoms with van der Waals surface area (Å²) >= 11 is 0. The van der Waals surface area contributed by atoms with Crippen LogP contribution < -0.4 is 15.2 Å². The molecule has 1 aromatic rings. The minimum atomic E-state index is -0.470. The van der Waals surface area contributed by atoms with Crippen LogP contribution in [0.2, 0.25) is 0 Å². The summed E-state index contributed by atoms with van der Waals surface area (Å²) in [5.41, 5.74) is 5.91. The molecule has 0 saturated carbocycles. The van der Waals surface area contributed by atoms with Gasteiger partial charge in [-0.25, -0.2) is 4.79 Å². The quantitative estimate of drug-likeness (QED) is 0.866. The number of nitrogen functional groups attached to an aromatic ring is 1. The average molecular weight is 322 g/mol. The Morgan fingerprint density at radius 3 is 2.43 bits per heavy atom. The van der Waals surface area contributed by atoms with Gasteiger partial charge in [-0.1, -0.05) is 0 Å². The van der Waals surface area contributed by atoms with E-state index in [4.69, 9.17) is 19.9 Å². The molecule has 0 radical (unpaired) electrons. The van der Waals surface area contributed by atoms with Crippen LogP contribution in [0.15, 0.2) is 18.2 Å². The molecular weight excluding hydrogens is 296 g/mol. The molecule has 1 aliphatic rings. The molecule has 1 aliphatic heterocycles. The molecule has 1 aromatic carbocycles. The predicted molar refractivity (Wildman–Crippen MR) is 88.9 cm³/mol. The molecule has 0 aliphatic carbocycles. The van der Waals surface area contributed by atoms with E-state index in [9.17, 15) is 4.79 Å². The molecular formula is C17H26N2O4. The summed E-state index contributed by atoms with van der Waals surface area (Å²) < 4.78 is 16.7. The van der Waals surface area contributed by atoms with Gasteiger partial charge >= 0.3 is 6.09 Å². The van der Waals surface area contributed by atoms with E-state index in [-0.39, 0.29) is 12.2 Å². The van der Waals surface area contributed by atoms with Crippen molar-refractivity contribution in [1.82, 2.24) is 4.90 Å². The fourth-order valence-electron chi connectivity index (χ4n) is 2.44. The third kappa shape index (κ3) is 4.94. The van der Waals surface area contributed by atoms with Crippen molar-refractivity contribution in [3.05, 3.63) is 18.2 Å². The molecule has 23 heavy (non-hydrogen) atoms. The van der Waals surface area contributed by atoms with Crippen molar-refractivity contribution >= 4 is 11.8 Å². The van der Waals surface area contributed by atoms with E-state index in [1.807, 2.05) is 26.8 Å². The Kier molecular flexibility index (Phi) is 5.23. The van der Waals surface area contributed by atoms with Crippen molar-refractivity contribution in [1.29, 1.82) is 0 Å². The molecule has 1 saturated heterocycles. The molecule has 1 amide bonds. The lowest BCUT2D eigenvalue weighted by Gasteiger charge is -2.33. The summed E-state index contributed by atoms with van der Waals surface area (Å²) in [7, 11) is 1.59. The third-order valence-corrected chi connectivity index (χ3v) is 3.57. The minimum Gasteiger partial charge on any atom is -0.493 e. The number of carbonyl (C=O) groups is 1. The second-order valence-electron chi connectivity index (χ2n) is 6.69. The van der Waals surface area contributed by atoms with E-state index in [0.717, 1.165) is 12.8 Å². The Labute approximate surface area is 137 Å². The molecule has 1 heterocycles. The number of nitrogens with two attached hydrogens (primary N) is 1. The fourth-order valence-corrected chi connectivity index (χ4v) is 2.44. The standard InChI is InChI=1S/C17H26N2O4/c1-17(2,3)23-16(20)19-9-7-13(8-10-19)22-14-6-5-12(18)11-15(14)21-4/h5-6,11,13H,7-10,18H2,1-4H3. The maximum Gasteiger partial charge on any atom is 0.410 e. The van der Waals surface area contributed by atoms with Crippen molar-refractivity contribution in [3.63, 3.8) is 0 Å². The van der Waals surface area contributed by atoms with Crippen molar-refractivity contribution in [3.8, 4) is 11.5 Å². The number of anilines is 1. The summed E-state index contributed by atoms with van der Waals surface area (Å²) in [6.07, 6.45) is 1.30. The first-order valence-corrected chi connectivity index (χ1v) is 7.86. The van der Waals surface area contributed by atoms with Gasteiger partial charge in [0.15, 0.2) is 11.5 Å². The molecule has 0 spiro atoms. The molecule has 128 valence electrons. The molecule has 6 heteroatoms. The minimum absolute atomic E-state index is 0.0474. The van der Waals surface area contributed by atoms with Crippen molar-refractivity contribution in [2.24, 2.45) is 0 Å². The number of methoxy groups -OCH3 is 1. The largest absolute Gasteiger partial charge is 0.493 e. The summed E-state index contributed by atoms with van der Waals surface area (Å²) in [6, 6.07) is 5.34. The van der Waals surface area contributed by atoms with Crippen LogP contribution in [-0.2, 0) is 4.74 Å². The van der Waals surface area contributed by atoms with Crippen LogP contribution in [-0.4, -0.2) is 42.9 Å². The van der Waals surface area contributed by atoms with Gasteiger partial charge in [-0.2, -0.15) is 0 Å². The normalized spacial score (nSPS) is 16.1. The lowest BCUT2D eigenvalue weighted by Crippen LogP contribution is -2.44. The molecule has 1 fully saturated rings. The van der Waals surface area contributed by atoms with Gasteiger partial charge in [-0.15, -0.1) is 0 Å². The zero-order valence-corrected chi connectivity index (χ0v) is 14.3.